The van der Waals surface area contributed by atoms with Gasteiger partial charge < -0.3 is 10.1 Å². The third-order valence-electron chi connectivity index (χ3n) is 4.98. The summed E-state index contributed by atoms with van der Waals surface area (Å²) in [5, 5.41) is 21.5. The highest BCUT2D eigenvalue weighted by Gasteiger charge is 2.15. The Morgan fingerprint density at radius 1 is 0.857 bits per heavy atom. The van der Waals surface area contributed by atoms with Crippen molar-refractivity contribution in [3.63, 3.8) is 0 Å². The van der Waals surface area contributed by atoms with Crippen molar-refractivity contribution in [1.82, 2.24) is 9.97 Å². The molecule has 0 bridgehead atoms. The van der Waals surface area contributed by atoms with E-state index in [0.29, 0.717) is 11.1 Å². The third kappa shape index (κ3) is 2.58. The second-order valence-electron chi connectivity index (χ2n) is 6.69. The number of pyridine rings is 1. The van der Waals surface area contributed by atoms with Crippen molar-refractivity contribution in [2.45, 2.75) is 0 Å². The van der Waals surface area contributed by atoms with E-state index < -0.39 is 0 Å². The van der Waals surface area contributed by atoms with Gasteiger partial charge in [-0.3, -0.25) is 0 Å². The normalized spacial score (nSPS) is 11.0. The van der Waals surface area contributed by atoms with Crippen LogP contribution in [0.25, 0.3) is 44.2 Å². The number of hydrogen-bond acceptors (Lipinski definition) is 3. The first-order valence-electron chi connectivity index (χ1n) is 8.94. The van der Waals surface area contributed by atoms with E-state index in [4.69, 9.17) is 10.2 Å². The van der Waals surface area contributed by atoms with Gasteiger partial charge in [0.1, 0.15) is 0 Å². The molecule has 28 heavy (non-hydrogen) atoms. The van der Waals surface area contributed by atoms with Crippen LogP contribution in [-0.2, 0) is 0 Å². The Hall–Kier alpha value is -4.10. The Morgan fingerprint density at radius 2 is 1.64 bits per heavy atom. The van der Waals surface area contributed by atoms with E-state index in [1.165, 1.54) is 0 Å². The van der Waals surface area contributed by atoms with Crippen LogP contribution in [0.5, 0.6) is 5.88 Å². The average Bonchev–Trinajstić information content (AvgIpc) is 3.08. The van der Waals surface area contributed by atoms with Crippen LogP contribution in [0.3, 0.4) is 0 Å². The molecule has 0 radical (unpaired) electrons. The lowest BCUT2D eigenvalue weighted by molar-refractivity contribution is 0.460. The molecular weight excluding hydrogens is 346 g/mol. The minimum atomic E-state index is 0.106. The van der Waals surface area contributed by atoms with E-state index in [1.54, 1.807) is 12.1 Å². The highest BCUT2D eigenvalue weighted by Crippen LogP contribution is 2.38. The van der Waals surface area contributed by atoms with Gasteiger partial charge in [0.2, 0.25) is 0 Å². The van der Waals surface area contributed by atoms with Crippen LogP contribution in [0.4, 0.5) is 0 Å². The lowest BCUT2D eigenvalue weighted by Crippen LogP contribution is -1.85. The molecule has 2 N–H and O–H groups in total. The molecule has 0 fully saturated rings. The fourth-order valence-electron chi connectivity index (χ4n) is 3.56. The first-order valence-corrected chi connectivity index (χ1v) is 8.94. The zero-order valence-electron chi connectivity index (χ0n) is 14.8. The number of fused-ring (bicyclic) bond motifs is 2. The SMILES string of the molecule is N#Cc1ccc(-c2ccc3[nH]c(O)c(-c4ccc5ccccc5n4)c3c2)cc1. The molecule has 0 aliphatic heterocycles. The van der Waals surface area contributed by atoms with Gasteiger partial charge in [-0.05, 0) is 47.5 Å². The molecule has 0 atom stereocenters. The zero-order chi connectivity index (χ0) is 19.1. The predicted octanol–water partition coefficient (Wildman–Crippen LogP) is 5.63. The fourth-order valence-corrected chi connectivity index (χ4v) is 3.56. The molecule has 4 nitrogen and oxygen atoms in total. The Kier molecular flexibility index (Phi) is 3.60. The molecule has 2 aromatic heterocycles. The monoisotopic (exact) mass is 361 g/mol. The predicted molar refractivity (Wildman–Crippen MR) is 111 cm³/mol. The van der Waals surface area contributed by atoms with Crippen molar-refractivity contribution in [2.24, 2.45) is 0 Å². The summed E-state index contributed by atoms with van der Waals surface area (Å²) in [5.74, 6) is 0.106. The van der Waals surface area contributed by atoms with Gasteiger partial charge in [-0.15, -0.1) is 0 Å². The Bertz CT molecular complexity index is 1380. The van der Waals surface area contributed by atoms with Gasteiger partial charge in [0, 0.05) is 16.3 Å². The number of benzene rings is 3. The van der Waals surface area contributed by atoms with Crippen LogP contribution in [0.15, 0.2) is 78.9 Å². The van der Waals surface area contributed by atoms with Crippen LogP contribution in [0, 0.1) is 11.3 Å². The second kappa shape index (κ2) is 6.26. The zero-order valence-corrected chi connectivity index (χ0v) is 14.8. The second-order valence-corrected chi connectivity index (χ2v) is 6.69. The van der Waals surface area contributed by atoms with E-state index >= 15 is 0 Å². The van der Waals surface area contributed by atoms with Gasteiger partial charge in [-0.2, -0.15) is 5.26 Å². The number of nitrogens with zero attached hydrogens (tertiary/aromatic N) is 2. The number of aromatic nitrogens is 2. The van der Waals surface area contributed by atoms with Crippen LogP contribution in [0.2, 0.25) is 0 Å². The Morgan fingerprint density at radius 3 is 2.46 bits per heavy atom. The average molecular weight is 361 g/mol. The molecule has 0 saturated heterocycles. The fraction of sp³-hybridized carbons (Fsp3) is 0. The van der Waals surface area contributed by atoms with Crippen molar-refractivity contribution in [3.8, 4) is 34.3 Å². The molecule has 4 heteroatoms. The smallest absolute Gasteiger partial charge is 0.199 e. The molecule has 5 rings (SSSR count). The molecule has 0 amide bonds. The van der Waals surface area contributed by atoms with Crippen LogP contribution in [-0.4, -0.2) is 15.1 Å². The largest absolute Gasteiger partial charge is 0.494 e. The van der Waals surface area contributed by atoms with Crippen molar-refractivity contribution in [1.29, 1.82) is 5.26 Å². The van der Waals surface area contributed by atoms with Gasteiger partial charge in [0.05, 0.1) is 28.4 Å². The number of aromatic hydroxyl groups is 1. The van der Waals surface area contributed by atoms with E-state index in [9.17, 15) is 5.11 Å². The maximum atomic E-state index is 10.6. The number of hydrogen-bond donors (Lipinski definition) is 2. The molecule has 3 aromatic carbocycles. The number of para-hydroxylation sites is 1. The first kappa shape index (κ1) is 16.1. The molecule has 5 aromatic rings. The molecule has 132 valence electrons. The molecule has 0 spiro atoms. The summed E-state index contributed by atoms with van der Waals surface area (Å²) in [6.07, 6.45) is 0. The standard InChI is InChI=1S/C24H15N3O/c25-14-15-5-7-16(8-6-15)18-10-11-21-19(13-18)23(24(28)27-21)22-12-9-17-3-1-2-4-20(17)26-22/h1-13,27-28H. The molecule has 0 aliphatic rings. The molecule has 0 aliphatic carbocycles. The van der Waals surface area contributed by atoms with Crippen molar-refractivity contribution >= 4 is 21.8 Å². The molecule has 0 saturated carbocycles. The van der Waals surface area contributed by atoms with Gasteiger partial charge >= 0.3 is 0 Å². The maximum absolute atomic E-state index is 10.6. The number of nitriles is 1. The molecule has 2 heterocycles. The van der Waals surface area contributed by atoms with Gasteiger partial charge in [0.15, 0.2) is 5.88 Å². The summed E-state index contributed by atoms with van der Waals surface area (Å²) in [6, 6.07) is 27.5. The quantitative estimate of drug-likeness (QED) is 0.428. The highest BCUT2D eigenvalue weighted by atomic mass is 16.3. The number of nitrogens with one attached hydrogen (secondary N) is 1. The van der Waals surface area contributed by atoms with Gasteiger partial charge in [0.25, 0.3) is 0 Å². The van der Waals surface area contributed by atoms with Crippen LogP contribution < -0.4 is 0 Å². The number of rotatable bonds is 2. The van der Waals surface area contributed by atoms with Crippen molar-refractivity contribution in [3.05, 3.63) is 84.4 Å². The lowest BCUT2D eigenvalue weighted by Gasteiger charge is -2.05. The maximum Gasteiger partial charge on any atom is 0.199 e. The lowest BCUT2D eigenvalue weighted by atomic mass is 10.0. The summed E-state index contributed by atoms with van der Waals surface area (Å²) in [7, 11) is 0. The molecular formula is C24H15N3O. The highest BCUT2D eigenvalue weighted by molar-refractivity contribution is 6.01. The van der Waals surface area contributed by atoms with Crippen LogP contribution in [0.1, 0.15) is 5.56 Å². The minimum Gasteiger partial charge on any atom is -0.494 e. The third-order valence-corrected chi connectivity index (χ3v) is 4.98. The van der Waals surface area contributed by atoms with E-state index in [0.717, 1.165) is 38.6 Å². The molecule has 0 unspecified atom stereocenters. The topological polar surface area (TPSA) is 72.7 Å². The van der Waals surface area contributed by atoms with Crippen LogP contribution >= 0.6 is 0 Å². The Balaban J connectivity index is 1.69. The van der Waals surface area contributed by atoms with E-state index in [-0.39, 0.29) is 5.88 Å². The van der Waals surface area contributed by atoms with Gasteiger partial charge in [-0.1, -0.05) is 42.5 Å². The first-order chi connectivity index (χ1) is 13.7. The van der Waals surface area contributed by atoms with Crippen molar-refractivity contribution in [2.75, 3.05) is 0 Å². The number of aromatic amines is 1. The summed E-state index contributed by atoms with van der Waals surface area (Å²) >= 11 is 0. The van der Waals surface area contributed by atoms with E-state index in [1.807, 2.05) is 66.7 Å². The summed E-state index contributed by atoms with van der Waals surface area (Å²) < 4.78 is 0. The Labute approximate surface area is 161 Å². The summed E-state index contributed by atoms with van der Waals surface area (Å²) in [5.41, 5.74) is 5.80. The summed E-state index contributed by atoms with van der Waals surface area (Å²) in [4.78, 5) is 7.78. The minimum absolute atomic E-state index is 0.106. The summed E-state index contributed by atoms with van der Waals surface area (Å²) in [6.45, 7) is 0. The van der Waals surface area contributed by atoms with E-state index in [2.05, 4.69) is 11.1 Å². The number of H-pyrrole nitrogens is 1. The van der Waals surface area contributed by atoms with Gasteiger partial charge in [-0.25, -0.2) is 4.98 Å². The van der Waals surface area contributed by atoms with Crippen molar-refractivity contribution < 1.29 is 5.11 Å².